The lowest BCUT2D eigenvalue weighted by molar-refractivity contribution is -0.384. The lowest BCUT2D eigenvalue weighted by Crippen LogP contribution is -2.15. The van der Waals surface area contributed by atoms with E-state index in [1.54, 1.807) is 34.8 Å². The number of non-ortho nitro benzene ring substituents is 1. The van der Waals surface area contributed by atoms with E-state index in [2.05, 4.69) is 20.3 Å². The maximum absolute atomic E-state index is 10.8. The minimum atomic E-state index is -0.407. The number of nitro benzene ring substituents is 1. The number of hydrogen-bond donors (Lipinski definition) is 0. The normalized spacial score (nSPS) is 13.2. The van der Waals surface area contributed by atoms with Crippen LogP contribution in [0.3, 0.4) is 0 Å². The standard InChI is InChI=1S/C17H14N6O2S/c24-23(25)14-6-4-13(5-7-14)15-11-26-17-20-19-16(22(17)21-15)8-3-12-2-1-9-18-10-12/h1-2,4-7,9-10H,3,8,11H2. The number of rotatable bonds is 5. The van der Waals surface area contributed by atoms with Crippen LogP contribution in [0.15, 0.2) is 59.0 Å². The summed E-state index contributed by atoms with van der Waals surface area (Å²) in [7, 11) is 0. The van der Waals surface area contributed by atoms with E-state index >= 15 is 0 Å². The maximum atomic E-state index is 10.8. The smallest absolute Gasteiger partial charge is 0.264 e. The van der Waals surface area contributed by atoms with E-state index < -0.39 is 4.92 Å². The van der Waals surface area contributed by atoms with E-state index in [1.807, 2.05) is 18.3 Å². The summed E-state index contributed by atoms with van der Waals surface area (Å²) in [6.07, 6.45) is 5.10. The molecule has 0 bridgehead atoms. The zero-order chi connectivity index (χ0) is 17.9. The first-order chi connectivity index (χ1) is 12.7. The van der Waals surface area contributed by atoms with Crippen molar-refractivity contribution in [2.24, 2.45) is 5.10 Å². The fourth-order valence-electron chi connectivity index (χ4n) is 2.64. The van der Waals surface area contributed by atoms with E-state index in [0.29, 0.717) is 12.2 Å². The summed E-state index contributed by atoms with van der Waals surface area (Å²) in [4.78, 5) is 14.5. The Kier molecular flexibility index (Phi) is 4.44. The molecule has 26 heavy (non-hydrogen) atoms. The van der Waals surface area contributed by atoms with Crippen LogP contribution in [-0.2, 0) is 12.8 Å². The SMILES string of the molecule is O=[N+]([O-])c1ccc(C2=Nn3c(CCc4cccnc4)nnc3SC2)cc1. The number of benzene rings is 1. The van der Waals surface area contributed by atoms with Crippen molar-refractivity contribution in [1.82, 2.24) is 19.9 Å². The van der Waals surface area contributed by atoms with Crippen molar-refractivity contribution in [1.29, 1.82) is 0 Å². The van der Waals surface area contributed by atoms with Gasteiger partial charge in [0, 0.05) is 36.7 Å². The highest BCUT2D eigenvalue weighted by Crippen LogP contribution is 2.25. The Morgan fingerprint density at radius 1 is 1.15 bits per heavy atom. The molecule has 1 aliphatic heterocycles. The monoisotopic (exact) mass is 366 g/mol. The zero-order valence-corrected chi connectivity index (χ0v) is 14.5. The predicted molar refractivity (Wildman–Crippen MR) is 97.4 cm³/mol. The molecule has 0 spiro atoms. The molecular weight excluding hydrogens is 352 g/mol. The van der Waals surface area contributed by atoms with Gasteiger partial charge in [-0.2, -0.15) is 9.78 Å². The summed E-state index contributed by atoms with van der Waals surface area (Å²) < 4.78 is 1.77. The second kappa shape index (κ2) is 7.04. The second-order valence-corrected chi connectivity index (χ2v) is 6.65. The van der Waals surface area contributed by atoms with Gasteiger partial charge < -0.3 is 0 Å². The molecule has 0 radical (unpaired) electrons. The number of hydrogen-bond acceptors (Lipinski definition) is 7. The van der Waals surface area contributed by atoms with Crippen molar-refractivity contribution in [3.63, 3.8) is 0 Å². The highest BCUT2D eigenvalue weighted by atomic mass is 32.2. The van der Waals surface area contributed by atoms with Crippen LogP contribution in [0, 0.1) is 10.1 Å². The van der Waals surface area contributed by atoms with Gasteiger partial charge in [0.25, 0.3) is 5.69 Å². The number of fused-ring (bicyclic) bond motifs is 1. The Hall–Kier alpha value is -3.07. The molecule has 3 aromatic rings. The molecule has 1 aliphatic rings. The average Bonchev–Trinajstić information content (AvgIpc) is 3.09. The van der Waals surface area contributed by atoms with Crippen LogP contribution < -0.4 is 0 Å². The van der Waals surface area contributed by atoms with Gasteiger partial charge in [-0.3, -0.25) is 15.1 Å². The summed E-state index contributed by atoms with van der Waals surface area (Å²) in [5.41, 5.74) is 2.91. The van der Waals surface area contributed by atoms with Crippen molar-refractivity contribution in [2.75, 3.05) is 5.75 Å². The summed E-state index contributed by atoms with van der Waals surface area (Å²) in [5, 5.41) is 24.7. The number of nitrogens with zero attached hydrogens (tertiary/aromatic N) is 6. The van der Waals surface area contributed by atoms with Gasteiger partial charge in [-0.15, -0.1) is 10.2 Å². The molecule has 0 N–H and O–H groups in total. The molecule has 0 fully saturated rings. The molecule has 3 heterocycles. The lowest BCUT2D eigenvalue weighted by atomic mass is 10.1. The van der Waals surface area contributed by atoms with Crippen molar-refractivity contribution >= 4 is 23.2 Å². The first-order valence-electron chi connectivity index (χ1n) is 7.99. The Bertz CT molecular complexity index is 969. The van der Waals surface area contributed by atoms with Crippen molar-refractivity contribution in [2.45, 2.75) is 18.0 Å². The molecule has 0 unspecified atom stereocenters. The average molecular weight is 366 g/mol. The van der Waals surface area contributed by atoms with E-state index in [1.165, 1.54) is 12.1 Å². The summed E-state index contributed by atoms with van der Waals surface area (Å²) in [6.45, 7) is 0. The highest BCUT2D eigenvalue weighted by Gasteiger charge is 2.20. The molecule has 130 valence electrons. The fraction of sp³-hybridized carbons (Fsp3) is 0.176. The van der Waals surface area contributed by atoms with Gasteiger partial charge in [0.05, 0.1) is 10.6 Å². The highest BCUT2D eigenvalue weighted by molar-refractivity contribution is 7.99. The minimum absolute atomic E-state index is 0.0694. The third kappa shape index (κ3) is 3.33. The largest absolute Gasteiger partial charge is 0.269 e. The number of aryl methyl sites for hydroxylation is 2. The quantitative estimate of drug-likeness (QED) is 0.508. The van der Waals surface area contributed by atoms with E-state index in [-0.39, 0.29) is 5.69 Å². The van der Waals surface area contributed by atoms with Crippen LogP contribution in [0.25, 0.3) is 0 Å². The van der Waals surface area contributed by atoms with E-state index in [4.69, 9.17) is 0 Å². The summed E-state index contributed by atoms with van der Waals surface area (Å²) in [6, 6.07) is 10.4. The van der Waals surface area contributed by atoms with Gasteiger partial charge >= 0.3 is 0 Å². The molecule has 2 aromatic heterocycles. The van der Waals surface area contributed by atoms with Crippen LogP contribution in [0.2, 0.25) is 0 Å². The Morgan fingerprint density at radius 3 is 2.73 bits per heavy atom. The van der Waals surface area contributed by atoms with Crippen LogP contribution in [0.1, 0.15) is 17.0 Å². The molecule has 4 rings (SSSR count). The Morgan fingerprint density at radius 2 is 2.00 bits per heavy atom. The Labute approximate surface area is 153 Å². The number of pyridine rings is 1. The molecular formula is C17H14N6O2S. The lowest BCUT2D eigenvalue weighted by Gasteiger charge is -2.13. The third-order valence-electron chi connectivity index (χ3n) is 4.01. The summed E-state index contributed by atoms with van der Waals surface area (Å²) >= 11 is 1.56. The molecule has 8 nitrogen and oxygen atoms in total. The van der Waals surface area contributed by atoms with Crippen molar-refractivity contribution in [3.05, 3.63) is 75.9 Å². The molecule has 0 saturated heterocycles. The van der Waals surface area contributed by atoms with Crippen molar-refractivity contribution in [3.8, 4) is 0 Å². The summed E-state index contributed by atoms with van der Waals surface area (Å²) in [5.74, 6) is 1.44. The van der Waals surface area contributed by atoms with Crippen LogP contribution >= 0.6 is 11.8 Å². The fourth-order valence-corrected chi connectivity index (χ4v) is 3.50. The number of thioether (sulfide) groups is 1. The molecule has 0 atom stereocenters. The van der Waals surface area contributed by atoms with Gasteiger partial charge in [0.15, 0.2) is 5.82 Å². The maximum Gasteiger partial charge on any atom is 0.269 e. The topological polar surface area (TPSA) is 99.1 Å². The number of nitro groups is 1. The second-order valence-electron chi connectivity index (χ2n) is 5.71. The molecule has 0 aliphatic carbocycles. The van der Waals surface area contributed by atoms with E-state index in [9.17, 15) is 10.1 Å². The van der Waals surface area contributed by atoms with Crippen molar-refractivity contribution < 1.29 is 4.92 Å². The van der Waals surface area contributed by atoms with Gasteiger partial charge in [-0.1, -0.05) is 17.8 Å². The minimum Gasteiger partial charge on any atom is -0.264 e. The zero-order valence-electron chi connectivity index (χ0n) is 13.6. The van der Waals surface area contributed by atoms with Gasteiger partial charge in [0.1, 0.15) is 0 Å². The van der Waals surface area contributed by atoms with E-state index in [0.717, 1.165) is 34.2 Å². The van der Waals surface area contributed by atoms with Crippen LogP contribution in [0.5, 0.6) is 0 Å². The first kappa shape index (κ1) is 16.4. The molecule has 1 aromatic carbocycles. The predicted octanol–water partition coefficient (Wildman–Crippen LogP) is 2.72. The van der Waals surface area contributed by atoms with Gasteiger partial charge in [-0.25, -0.2) is 0 Å². The molecule has 0 saturated carbocycles. The van der Waals surface area contributed by atoms with Crippen LogP contribution in [0.4, 0.5) is 5.69 Å². The third-order valence-corrected chi connectivity index (χ3v) is 4.94. The first-order valence-corrected chi connectivity index (χ1v) is 8.98. The van der Waals surface area contributed by atoms with Gasteiger partial charge in [-0.05, 0) is 35.7 Å². The number of aromatic nitrogens is 4. The molecule has 9 heteroatoms. The van der Waals surface area contributed by atoms with Gasteiger partial charge in [0.2, 0.25) is 5.16 Å². The Balaban J connectivity index is 1.57. The van der Waals surface area contributed by atoms with Crippen LogP contribution in [-0.4, -0.2) is 36.2 Å². The molecule has 0 amide bonds.